The highest BCUT2D eigenvalue weighted by Gasteiger charge is 2.28. The number of aryl methyl sites for hydroxylation is 1. The summed E-state index contributed by atoms with van der Waals surface area (Å²) in [6.07, 6.45) is 6.46. The number of hydrogen-bond acceptors (Lipinski definition) is 4. The van der Waals surface area contributed by atoms with Crippen molar-refractivity contribution < 1.29 is 0 Å². The Morgan fingerprint density at radius 3 is 2.61 bits per heavy atom. The molecule has 0 bridgehead atoms. The van der Waals surface area contributed by atoms with Crippen molar-refractivity contribution in [2.45, 2.75) is 32.4 Å². The topological polar surface area (TPSA) is 27.5 Å². The van der Waals surface area contributed by atoms with Gasteiger partial charge in [-0.2, -0.15) is 5.10 Å². The summed E-state index contributed by atoms with van der Waals surface area (Å²) in [4.78, 5) is 7.94. The van der Waals surface area contributed by atoms with Crippen LogP contribution in [0.25, 0.3) is 5.69 Å². The fraction of sp³-hybridized carbons (Fsp3) is 0.423. The van der Waals surface area contributed by atoms with Gasteiger partial charge in [-0.05, 0) is 61.7 Å². The van der Waals surface area contributed by atoms with E-state index in [1.165, 1.54) is 55.8 Å². The molecule has 5 nitrogen and oxygen atoms in total. The molecule has 3 heterocycles. The SMILES string of the molecule is Cc1ccccc1N1CCN([C@H]2CCCN(Cc3cccc(-n4cccn4)c3)C2)CC1. The number of piperidine rings is 1. The van der Waals surface area contributed by atoms with Crippen LogP contribution in [-0.2, 0) is 6.54 Å². The van der Waals surface area contributed by atoms with Gasteiger partial charge in [-0.25, -0.2) is 4.68 Å². The monoisotopic (exact) mass is 415 g/mol. The van der Waals surface area contributed by atoms with Crippen LogP contribution in [0.5, 0.6) is 0 Å². The van der Waals surface area contributed by atoms with E-state index in [0.29, 0.717) is 6.04 Å². The summed E-state index contributed by atoms with van der Waals surface area (Å²) in [5.41, 5.74) is 5.31. The van der Waals surface area contributed by atoms with E-state index in [1.54, 1.807) is 0 Å². The van der Waals surface area contributed by atoms with Crippen molar-refractivity contribution in [1.29, 1.82) is 0 Å². The van der Waals surface area contributed by atoms with Crippen LogP contribution in [0.15, 0.2) is 67.0 Å². The summed E-state index contributed by atoms with van der Waals surface area (Å²) >= 11 is 0. The second-order valence-electron chi connectivity index (χ2n) is 8.96. The van der Waals surface area contributed by atoms with E-state index < -0.39 is 0 Å². The lowest BCUT2D eigenvalue weighted by Gasteiger charge is -2.44. The van der Waals surface area contributed by atoms with Gasteiger partial charge in [0.25, 0.3) is 0 Å². The molecule has 31 heavy (non-hydrogen) atoms. The van der Waals surface area contributed by atoms with Gasteiger partial charge >= 0.3 is 0 Å². The first-order chi connectivity index (χ1) is 15.3. The third-order valence-electron chi connectivity index (χ3n) is 6.85. The maximum atomic E-state index is 4.37. The Morgan fingerprint density at radius 2 is 1.81 bits per heavy atom. The normalized spacial score (nSPS) is 20.8. The molecule has 2 saturated heterocycles. The van der Waals surface area contributed by atoms with E-state index in [9.17, 15) is 0 Å². The smallest absolute Gasteiger partial charge is 0.0648 e. The molecule has 1 atom stereocenters. The number of aromatic nitrogens is 2. The molecule has 0 unspecified atom stereocenters. The highest BCUT2D eigenvalue weighted by molar-refractivity contribution is 5.53. The first-order valence-electron chi connectivity index (χ1n) is 11.6. The quantitative estimate of drug-likeness (QED) is 0.630. The van der Waals surface area contributed by atoms with Crippen LogP contribution in [0.1, 0.15) is 24.0 Å². The van der Waals surface area contributed by atoms with Crippen LogP contribution < -0.4 is 4.90 Å². The van der Waals surface area contributed by atoms with Gasteiger partial charge in [-0.3, -0.25) is 9.80 Å². The number of anilines is 1. The number of rotatable bonds is 5. The van der Waals surface area contributed by atoms with E-state index in [0.717, 1.165) is 25.3 Å². The summed E-state index contributed by atoms with van der Waals surface area (Å²) in [5, 5.41) is 4.37. The molecule has 2 aliphatic rings. The average molecular weight is 416 g/mol. The van der Waals surface area contributed by atoms with Crippen LogP contribution in [0, 0.1) is 6.92 Å². The van der Waals surface area contributed by atoms with Crippen molar-refractivity contribution in [3.05, 3.63) is 78.1 Å². The van der Waals surface area contributed by atoms with Crippen molar-refractivity contribution in [1.82, 2.24) is 19.6 Å². The summed E-state index contributed by atoms with van der Waals surface area (Å²) in [6.45, 7) is 10.2. The van der Waals surface area contributed by atoms with Crippen LogP contribution in [0.2, 0.25) is 0 Å². The lowest BCUT2D eigenvalue weighted by Crippen LogP contribution is -2.55. The minimum Gasteiger partial charge on any atom is -0.369 e. The van der Waals surface area contributed by atoms with E-state index in [4.69, 9.17) is 0 Å². The minimum absolute atomic E-state index is 0.682. The molecule has 5 rings (SSSR count). The largest absolute Gasteiger partial charge is 0.369 e. The molecule has 2 aliphatic heterocycles. The molecule has 0 aliphatic carbocycles. The van der Waals surface area contributed by atoms with Gasteiger partial charge in [-0.1, -0.05) is 30.3 Å². The van der Waals surface area contributed by atoms with Crippen LogP contribution >= 0.6 is 0 Å². The number of benzene rings is 2. The molecule has 5 heteroatoms. The number of likely N-dealkylation sites (tertiary alicyclic amines) is 1. The highest BCUT2D eigenvalue weighted by Crippen LogP contribution is 2.24. The predicted molar refractivity (Wildman–Crippen MR) is 127 cm³/mol. The van der Waals surface area contributed by atoms with Crippen LogP contribution in [0.3, 0.4) is 0 Å². The molecule has 1 aromatic heterocycles. The lowest BCUT2D eigenvalue weighted by atomic mass is 10.0. The van der Waals surface area contributed by atoms with Gasteiger partial charge in [0.2, 0.25) is 0 Å². The zero-order valence-corrected chi connectivity index (χ0v) is 18.5. The maximum Gasteiger partial charge on any atom is 0.0648 e. The van der Waals surface area contributed by atoms with E-state index >= 15 is 0 Å². The van der Waals surface area contributed by atoms with Gasteiger partial charge in [0.15, 0.2) is 0 Å². The first-order valence-corrected chi connectivity index (χ1v) is 11.6. The van der Waals surface area contributed by atoms with Crippen molar-refractivity contribution in [3.8, 4) is 5.69 Å². The number of nitrogens with zero attached hydrogens (tertiary/aromatic N) is 5. The molecule has 0 saturated carbocycles. The highest BCUT2D eigenvalue weighted by atomic mass is 15.3. The fourth-order valence-corrected chi connectivity index (χ4v) is 5.20. The standard InChI is InChI=1S/C26H33N5/c1-22-7-2-3-11-26(22)30-17-15-29(16-18-30)25-10-5-13-28(21-25)20-23-8-4-9-24(19-23)31-14-6-12-27-31/h2-4,6-9,11-12,14,19,25H,5,10,13,15-18,20-21H2,1H3/t25-/m0/s1. The average Bonchev–Trinajstić information content (AvgIpc) is 3.35. The third kappa shape index (κ3) is 4.68. The van der Waals surface area contributed by atoms with Gasteiger partial charge in [0, 0.05) is 63.4 Å². The van der Waals surface area contributed by atoms with E-state index in [2.05, 4.69) is 75.3 Å². The Kier molecular flexibility index (Phi) is 6.05. The second kappa shape index (κ2) is 9.25. The molecule has 3 aromatic rings. The summed E-state index contributed by atoms with van der Waals surface area (Å²) in [6, 6.07) is 20.2. The maximum absolute atomic E-state index is 4.37. The molecular weight excluding hydrogens is 382 g/mol. The van der Waals surface area contributed by atoms with Crippen molar-refractivity contribution in [2.75, 3.05) is 44.2 Å². The molecule has 2 fully saturated rings. The molecular formula is C26H33N5. The Balaban J connectivity index is 1.18. The fourth-order valence-electron chi connectivity index (χ4n) is 5.20. The summed E-state index contributed by atoms with van der Waals surface area (Å²) in [5.74, 6) is 0. The molecule has 2 aromatic carbocycles. The zero-order chi connectivity index (χ0) is 21.0. The van der Waals surface area contributed by atoms with E-state index in [1.807, 2.05) is 23.1 Å². The Hall–Kier alpha value is -2.63. The van der Waals surface area contributed by atoms with E-state index in [-0.39, 0.29) is 0 Å². The predicted octanol–water partition coefficient (Wildman–Crippen LogP) is 3.97. The minimum atomic E-state index is 0.682. The molecule has 0 radical (unpaired) electrons. The first kappa shape index (κ1) is 20.3. The third-order valence-corrected chi connectivity index (χ3v) is 6.85. The molecule has 0 amide bonds. The zero-order valence-electron chi connectivity index (χ0n) is 18.5. The second-order valence-corrected chi connectivity index (χ2v) is 8.96. The lowest BCUT2D eigenvalue weighted by molar-refractivity contribution is 0.0887. The number of para-hydroxylation sites is 1. The van der Waals surface area contributed by atoms with Gasteiger partial charge in [0.1, 0.15) is 0 Å². The Labute approximate surface area is 185 Å². The molecule has 162 valence electrons. The van der Waals surface area contributed by atoms with Crippen LogP contribution in [-0.4, -0.2) is 64.9 Å². The molecule has 0 spiro atoms. The van der Waals surface area contributed by atoms with Crippen molar-refractivity contribution in [3.63, 3.8) is 0 Å². The Bertz CT molecular complexity index is 975. The van der Waals surface area contributed by atoms with Crippen molar-refractivity contribution in [2.24, 2.45) is 0 Å². The molecule has 0 N–H and O–H groups in total. The summed E-state index contributed by atoms with van der Waals surface area (Å²) in [7, 11) is 0. The Morgan fingerprint density at radius 1 is 0.935 bits per heavy atom. The number of piperazine rings is 1. The van der Waals surface area contributed by atoms with Gasteiger partial charge < -0.3 is 4.90 Å². The summed E-state index contributed by atoms with van der Waals surface area (Å²) < 4.78 is 1.94. The van der Waals surface area contributed by atoms with Gasteiger partial charge in [0.05, 0.1) is 5.69 Å². The van der Waals surface area contributed by atoms with Gasteiger partial charge in [-0.15, -0.1) is 0 Å². The van der Waals surface area contributed by atoms with Crippen molar-refractivity contribution >= 4 is 5.69 Å². The van der Waals surface area contributed by atoms with Crippen LogP contribution in [0.4, 0.5) is 5.69 Å². The number of hydrogen-bond donors (Lipinski definition) is 0.